The molecule has 0 aliphatic carbocycles. The van der Waals surface area contributed by atoms with Gasteiger partial charge in [-0.1, -0.05) is 23.7 Å². The SMILES string of the molecule is COc1cc(CN2CCCC2c2ccc(Cl)cc2)cc(OC)c1OC. The summed E-state index contributed by atoms with van der Waals surface area (Å²) in [6, 6.07) is 12.6. The van der Waals surface area contributed by atoms with Gasteiger partial charge in [0.2, 0.25) is 5.75 Å². The number of benzene rings is 2. The molecule has 134 valence electrons. The van der Waals surface area contributed by atoms with E-state index in [4.69, 9.17) is 25.8 Å². The van der Waals surface area contributed by atoms with Crippen LogP contribution in [0.4, 0.5) is 0 Å². The number of likely N-dealkylation sites (tertiary alicyclic amines) is 1. The number of ether oxygens (including phenoxy) is 3. The molecule has 0 N–H and O–H groups in total. The number of halogens is 1. The summed E-state index contributed by atoms with van der Waals surface area (Å²) < 4.78 is 16.3. The summed E-state index contributed by atoms with van der Waals surface area (Å²) in [6.07, 6.45) is 2.35. The fourth-order valence-electron chi connectivity index (χ4n) is 3.54. The van der Waals surface area contributed by atoms with Crippen LogP contribution in [0.2, 0.25) is 5.02 Å². The first-order chi connectivity index (χ1) is 12.2. The van der Waals surface area contributed by atoms with Crippen LogP contribution < -0.4 is 14.2 Å². The van der Waals surface area contributed by atoms with E-state index in [1.807, 2.05) is 24.3 Å². The van der Waals surface area contributed by atoms with Crippen molar-refractivity contribution in [2.45, 2.75) is 25.4 Å². The van der Waals surface area contributed by atoms with Gasteiger partial charge < -0.3 is 14.2 Å². The zero-order chi connectivity index (χ0) is 17.8. The average Bonchev–Trinajstić information content (AvgIpc) is 3.09. The Kier molecular flexibility index (Phi) is 5.71. The predicted octanol–water partition coefficient (Wildman–Crippen LogP) is 4.70. The molecule has 0 aromatic heterocycles. The van der Waals surface area contributed by atoms with Gasteiger partial charge in [0.1, 0.15) is 0 Å². The van der Waals surface area contributed by atoms with Crippen LogP contribution in [0.3, 0.4) is 0 Å². The zero-order valence-corrected chi connectivity index (χ0v) is 15.7. The quantitative estimate of drug-likeness (QED) is 0.746. The molecule has 0 amide bonds. The van der Waals surface area contributed by atoms with Crippen LogP contribution in [-0.4, -0.2) is 32.8 Å². The van der Waals surface area contributed by atoms with Crippen molar-refractivity contribution in [2.24, 2.45) is 0 Å². The van der Waals surface area contributed by atoms with Crippen LogP contribution >= 0.6 is 11.6 Å². The lowest BCUT2D eigenvalue weighted by atomic mass is 10.0. The Morgan fingerprint density at radius 3 is 2.20 bits per heavy atom. The van der Waals surface area contributed by atoms with Gasteiger partial charge in [-0.05, 0) is 54.8 Å². The second-order valence-corrected chi connectivity index (χ2v) is 6.65. The lowest BCUT2D eigenvalue weighted by Gasteiger charge is -2.25. The minimum absolute atomic E-state index is 0.413. The monoisotopic (exact) mass is 361 g/mol. The molecule has 0 bridgehead atoms. The van der Waals surface area contributed by atoms with E-state index >= 15 is 0 Å². The molecule has 25 heavy (non-hydrogen) atoms. The van der Waals surface area contributed by atoms with Crippen LogP contribution in [0.1, 0.15) is 30.0 Å². The molecule has 1 unspecified atom stereocenters. The Hall–Kier alpha value is -1.91. The first-order valence-electron chi connectivity index (χ1n) is 8.44. The summed E-state index contributed by atoms with van der Waals surface area (Å²) in [7, 11) is 4.91. The second kappa shape index (κ2) is 7.98. The molecule has 1 aliphatic rings. The summed E-state index contributed by atoms with van der Waals surface area (Å²) in [5.41, 5.74) is 2.46. The number of methoxy groups -OCH3 is 3. The first kappa shape index (κ1) is 17.9. The van der Waals surface area contributed by atoms with E-state index in [1.165, 1.54) is 12.0 Å². The number of nitrogens with zero attached hydrogens (tertiary/aromatic N) is 1. The highest BCUT2D eigenvalue weighted by molar-refractivity contribution is 6.30. The minimum atomic E-state index is 0.413. The molecule has 2 aromatic rings. The largest absolute Gasteiger partial charge is 0.493 e. The van der Waals surface area contributed by atoms with Gasteiger partial charge in [-0.25, -0.2) is 0 Å². The molecule has 1 fully saturated rings. The lowest BCUT2D eigenvalue weighted by molar-refractivity contribution is 0.247. The van der Waals surface area contributed by atoms with Crippen molar-refractivity contribution in [3.63, 3.8) is 0 Å². The van der Waals surface area contributed by atoms with E-state index in [9.17, 15) is 0 Å². The number of hydrogen-bond acceptors (Lipinski definition) is 4. The first-order valence-corrected chi connectivity index (χ1v) is 8.82. The maximum absolute atomic E-state index is 6.03. The van der Waals surface area contributed by atoms with E-state index in [-0.39, 0.29) is 0 Å². The second-order valence-electron chi connectivity index (χ2n) is 6.21. The Bertz CT molecular complexity index is 692. The minimum Gasteiger partial charge on any atom is -0.493 e. The van der Waals surface area contributed by atoms with Crippen LogP contribution in [-0.2, 0) is 6.54 Å². The number of hydrogen-bond donors (Lipinski definition) is 0. The van der Waals surface area contributed by atoms with E-state index in [1.54, 1.807) is 21.3 Å². The van der Waals surface area contributed by atoms with Crippen LogP contribution in [0.25, 0.3) is 0 Å². The highest BCUT2D eigenvalue weighted by atomic mass is 35.5. The van der Waals surface area contributed by atoms with Gasteiger partial charge in [-0.2, -0.15) is 0 Å². The van der Waals surface area contributed by atoms with Gasteiger partial charge in [0.25, 0.3) is 0 Å². The summed E-state index contributed by atoms with van der Waals surface area (Å²) in [4.78, 5) is 2.49. The van der Waals surface area contributed by atoms with Gasteiger partial charge in [0.05, 0.1) is 21.3 Å². The molecule has 1 saturated heterocycles. The van der Waals surface area contributed by atoms with Gasteiger partial charge in [-0.3, -0.25) is 4.90 Å². The van der Waals surface area contributed by atoms with E-state index < -0.39 is 0 Å². The molecule has 5 heteroatoms. The number of rotatable bonds is 6. The topological polar surface area (TPSA) is 30.9 Å². The standard InChI is InChI=1S/C20H24ClNO3/c1-23-18-11-14(12-19(24-2)20(18)25-3)13-22-10-4-5-17(22)15-6-8-16(21)9-7-15/h6-9,11-12,17H,4-5,10,13H2,1-3H3. The third kappa shape index (κ3) is 3.86. The molecule has 4 nitrogen and oxygen atoms in total. The van der Waals surface area contributed by atoms with Crippen molar-refractivity contribution in [1.82, 2.24) is 4.90 Å². The molecule has 0 radical (unpaired) electrons. The van der Waals surface area contributed by atoms with Crippen LogP contribution in [0.15, 0.2) is 36.4 Å². The molecule has 1 aliphatic heterocycles. The maximum Gasteiger partial charge on any atom is 0.203 e. The summed E-state index contributed by atoms with van der Waals surface area (Å²) in [5, 5.41) is 0.776. The molecular formula is C20H24ClNO3. The molecule has 0 saturated carbocycles. The van der Waals surface area contributed by atoms with Crippen molar-refractivity contribution >= 4 is 11.6 Å². The van der Waals surface area contributed by atoms with Gasteiger partial charge in [0.15, 0.2) is 11.5 Å². The molecule has 0 spiro atoms. The lowest BCUT2D eigenvalue weighted by Crippen LogP contribution is -2.22. The van der Waals surface area contributed by atoms with Gasteiger partial charge in [-0.15, -0.1) is 0 Å². The van der Waals surface area contributed by atoms with Crippen LogP contribution in [0.5, 0.6) is 17.2 Å². The fourth-order valence-corrected chi connectivity index (χ4v) is 3.66. The van der Waals surface area contributed by atoms with Gasteiger partial charge >= 0.3 is 0 Å². The van der Waals surface area contributed by atoms with Crippen LogP contribution in [0, 0.1) is 0 Å². The van der Waals surface area contributed by atoms with Crippen molar-refractivity contribution in [2.75, 3.05) is 27.9 Å². The summed E-state index contributed by atoms with van der Waals surface area (Å²) in [5.74, 6) is 2.02. The Labute approximate surface area is 154 Å². The average molecular weight is 362 g/mol. The van der Waals surface area contributed by atoms with Crippen molar-refractivity contribution in [3.8, 4) is 17.2 Å². The zero-order valence-electron chi connectivity index (χ0n) is 14.9. The normalized spacial score (nSPS) is 17.5. The molecule has 1 atom stereocenters. The third-order valence-corrected chi connectivity index (χ3v) is 4.98. The highest BCUT2D eigenvalue weighted by Crippen LogP contribution is 2.40. The predicted molar refractivity (Wildman–Crippen MR) is 99.9 cm³/mol. The van der Waals surface area contributed by atoms with E-state index in [0.29, 0.717) is 23.3 Å². The highest BCUT2D eigenvalue weighted by Gasteiger charge is 2.26. The Morgan fingerprint density at radius 1 is 1.00 bits per heavy atom. The van der Waals surface area contributed by atoms with E-state index in [0.717, 1.165) is 30.1 Å². The summed E-state index contributed by atoms with van der Waals surface area (Å²) >= 11 is 6.03. The molecule has 3 rings (SSSR count). The molecule has 2 aromatic carbocycles. The van der Waals surface area contributed by atoms with Crippen molar-refractivity contribution in [1.29, 1.82) is 0 Å². The third-order valence-electron chi connectivity index (χ3n) is 4.73. The molecular weight excluding hydrogens is 338 g/mol. The Balaban J connectivity index is 1.84. The summed E-state index contributed by atoms with van der Waals surface area (Å²) in [6.45, 7) is 1.91. The fraction of sp³-hybridized carbons (Fsp3) is 0.400. The maximum atomic E-state index is 6.03. The molecule has 1 heterocycles. The Morgan fingerprint density at radius 2 is 1.64 bits per heavy atom. The smallest absolute Gasteiger partial charge is 0.203 e. The van der Waals surface area contributed by atoms with Crippen molar-refractivity contribution in [3.05, 3.63) is 52.5 Å². The van der Waals surface area contributed by atoms with E-state index in [2.05, 4.69) is 17.0 Å². The van der Waals surface area contributed by atoms with Crippen molar-refractivity contribution < 1.29 is 14.2 Å². The van der Waals surface area contributed by atoms with Gasteiger partial charge in [0, 0.05) is 17.6 Å².